The van der Waals surface area contributed by atoms with Gasteiger partial charge in [-0.3, -0.25) is 0 Å². The lowest BCUT2D eigenvalue weighted by Gasteiger charge is -2.15. The van der Waals surface area contributed by atoms with E-state index < -0.39 is 0 Å². The average Bonchev–Trinajstić information content (AvgIpc) is 2.37. The fourth-order valence-corrected chi connectivity index (χ4v) is 1.65. The standard InChI is InChI=1S/C14H23FN2O/c1-4-7-16-9-11(2)17-10-12-5-6-13(18-3)8-14(12)15/h5-6,8,11,16-17H,4,7,9-10H2,1-3H3. The van der Waals surface area contributed by atoms with Gasteiger partial charge in [-0.15, -0.1) is 0 Å². The number of hydrogen-bond acceptors (Lipinski definition) is 3. The highest BCUT2D eigenvalue weighted by atomic mass is 19.1. The van der Waals surface area contributed by atoms with Crippen molar-refractivity contribution in [2.45, 2.75) is 32.9 Å². The van der Waals surface area contributed by atoms with E-state index in [4.69, 9.17) is 4.74 Å². The van der Waals surface area contributed by atoms with Crippen LogP contribution in [-0.2, 0) is 6.54 Å². The van der Waals surface area contributed by atoms with Crippen molar-refractivity contribution in [2.24, 2.45) is 0 Å². The maximum atomic E-state index is 13.7. The molecule has 0 heterocycles. The van der Waals surface area contributed by atoms with Crippen molar-refractivity contribution in [1.29, 1.82) is 0 Å². The lowest BCUT2D eigenvalue weighted by molar-refractivity contribution is 0.410. The van der Waals surface area contributed by atoms with Gasteiger partial charge in [-0.05, 0) is 26.0 Å². The van der Waals surface area contributed by atoms with Crippen LogP contribution in [0.4, 0.5) is 4.39 Å². The van der Waals surface area contributed by atoms with Crippen molar-refractivity contribution in [3.63, 3.8) is 0 Å². The van der Waals surface area contributed by atoms with E-state index in [2.05, 4.69) is 24.5 Å². The average molecular weight is 254 g/mol. The molecule has 0 spiro atoms. The van der Waals surface area contributed by atoms with Gasteiger partial charge in [0.05, 0.1) is 7.11 Å². The van der Waals surface area contributed by atoms with Crippen molar-refractivity contribution < 1.29 is 9.13 Å². The Hall–Kier alpha value is -1.13. The molecule has 1 aromatic carbocycles. The van der Waals surface area contributed by atoms with Gasteiger partial charge in [-0.1, -0.05) is 13.0 Å². The highest BCUT2D eigenvalue weighted by Crippen LogP contribution is 2.15. The third-order valence-corrected chi connectivity index (χ3v) is 2.78. The Balaban J connectivity index is 2.38. The zero-order valence-corrected chi connectivity index (χ0v) is 11.4. The van der Waals surface area contributed by atoms with Gasteiger partial charge in [0.1, 0.15) is 11.6 Å². The number of methoxy groups -OCH3 is 1. The molecular weight excluding hydrogens is 231 g/mol. The number of halogens is 1. The van der Waals surface area contributed by atoms with Gasteiger partial charge in [0, 0.05) is 30.8 Å². The van der Waals surface area contributed by atoms with Gasteiger partial charge in [-0.25, -0.2) is 4.39 Å². The summed E-state index contributed by atoms with van der Waals surface area (Å²) in [5.74, 6) is 0.324. The van der Waals surface area contributed by atoms with Crippen LogP contribution in [0.1, 0.15) is 25.8 Å². The van der Waals surface area contributed by atoms with E-state index >= 15 is 0 Å². The molecule has 0 saturated heterocycles. The first-order chi connectivity index (χ1) is 8.67. The second-order valence-electron chi connectivity index (χ2n) is 4.44. The second kappa shape index (κ2) is 8.06. The first-order valence-corrected chi connectivity index (χ1v) is 6.43. The van der Waals surface area contributed by atoms with E-state index in [-0.39, 0.29) is 5.82 Å². The summed E-state index contributed by atoms with van der Waals surface area (Å²) in [7, 11) is 1.54. The normalized spacial score (nSPS) is 12.4. The first kappa shape index (κ1) is 14.9. The summed E-state index contributed by atoms with van der Waals surface area (Å²) in [6.07, 6.45) is 1.12. The lowest BCUT2D eigenvalue weighted by atomic mass is 10.2. The monoisotopic (exact) mass is 254 g/mol. The molecule has 3 nitrogen and oxygen atoms in total. The molecule has 1 rings (SSSR count). The minimum absolute atomic E-state index is 0.226. The van der Waals surface area contributed by atoms with E-state index in [0.29, 0.717) is 23.9 Å². The van der Waals surface area contributed by atoms with Gasteiger partial charge in [0.2, 0.25) is 0 Å². The number of rotatable bonds is 8. The van der Waals surface area contributed by atoms with E-state index in [0.717, 1.165) is 19.5 Å². The fraction of sp³-hybridized carbons (Fsp3) is 0.571. The molecule has 0 aromatic heterocycles. The van der Waals surface area contributed by atoms with Gasteiger partial charge in [0.25, 0.3) is 0 Å². The molecule has 4 heteroatoms. The predicted molar refractivity (Wildman–Crippen MR) is 72.4 cm³/mol. The Labute approximate surface area is 109 Å². The van der Waals surface area contributed by atoms with E-state index in [1.54, 1.807) is 12.1 Å². The van der Waals surface area contributed by atoms with Crippen LogP contribution in [-0.4, -0.2) is 26.2 Å². The largest absolute Gasteiger partial charge is 0.497 e. The molecule has 0 radical (unpaired) electrons. The summed E-state index contributed by atoms with van der Waals surface area (Å²) in [4.78, 5) is 0. The Morgan fingerprint density at radius 1 is 1.39 bits per heavy atom. The molecule has 0 bridgehead atoms. The number of hydrogen-bond donors (Lipinski definition) is 2. The van der Waals surface area contributed by atoms with Gasteiger partial charge >= 0.3 is 0 Å². The van der Waals surface area contributed by atoms with Crippen molar-refractivity contribution in [2.75, 3.05) is 20.2 Å². The van der Waals surface area contributed by atoms with Crippen molar-refractivity contribution in [3.8, 4) is 5.75 Å². The highest BCUT2D eigenvalue weighted by Gasteiger charge is 2.06. The first-order valence-electron chi connectivity index (χ1n) is 6.43. The van der Waals surface area contributed by atoms with Crippen molar-refractivity contribution in [3.05, 3.63) is 29.6 Å². The number of ether oxygens (including phenoxy) is 1. The minimum atomic E-state index is -0.226. The van der Waals surface area contributed by atoms with E-state index in [1.807, 2.05) is 0 Å². The smallest absolute Gasteiger partial charge is 0.131 e. The Morgan fingerprint density at radius 3 is 2.78 bits per heavy atom. The maximum absolute atomic E-state index is 13.7. The van der Waals surface area contributed by atoms with Crippen LogP contribution >= 0.6 is 0 Å². The van der Waals surface area contributed by atoms with Crippen LogP contribution in [0.25, 0.3) is 0 Å². The third-order valence-electron chi connectivity index (χ3n) is 2.78. The number of nitrogens with one attached hydrogen (secondary N) is 2. The zero-order chi connectivity index (χ0) is 13.4. The molecule has 0 aliphatic carbocycles. The van der Waals surface area contributed by atoms with Crippen LogP contribution in [0, 0.1) is 5.82 Å². The lowest BCUT2D eigenvalue weighted by Crippen LogP contribution is -2.36. The second-order valence-corrected chi connectivity index (χ2v) is 4.44. The third kappa shape index (κ3) is 5.02. The van der Waals surface area contributed by atoms with Crippen LogP contribution in [0.3, 0.4) is 0 Å². The molecule has 1 aromatic rings. The zero-order valence-electron chi connectivity index (χ0n) is 11.4. The van der Waals surface area contributed by atoms with Crippen LogP contribution in [0.15, 0.2) is 18.2 Å². The van der Waals surface area contributed by atoms with Crippen molar-refractivity contribution >= 4 is 0 Å². The summed E-state index contributed by atoms with van der Waals surface area (Å²) < 4.78 is 18.6. The van der Waals surface area contributed by atoms with Crippen molar-refractivity contribution in [1.82, 2.24) is 10.6 Å². The predicted octanol–water partition coefficient (Wildman–Crippen LogP) is 2.31. The van der Waals surface area contributed by atoms with E-state index in [1.165, 1.54) is 13.2 Å². The van der Waals surface area contributed by atoms with Gasteiger partial charge in [-0.2, -0.15) is 0 Å². The molecule has 0 saturated carbocycles. The summed E-state index contributed by atoms with van der Waals surface area (Å²) in [5.41, 5.74) is 0.665. The summed E-state index contributed by atoms with van der Waals surface area (Å²) in [5, 5.41) is 6.62. The van der Waals surface area contributed by atoms with Gasteiger partial charge in [0.15, 0.2) is 0 Å². The van der Waals surface area contributed by atoms with E-state index in [9.17, 15) is 4.39 Å². The molecule has 0 aliphatic rings. The molecular formula is C14H23FN2O. The topological polar surface area (TPSA) is 33.3 Å². The fourth-order valence-electron chi connectivity index (χ4n) is 1.65. The molecule has 0 aliphatic heterocycles. The Bertz CT molecular complexity index is 358. The quantitative estimate of drug-likeness (QED) is 0.698. The molecule has 0 fully saturated rings. The van der Waals surface area contributed by atoms with Crippen LogP contribution in [0.2, 0.25) is 0 Å². The Morgan fingerprint density at radius 2 is 2.17 bits per heavy atom. The molecule has 1 atom stereocenters. The molecule has 18 heavy (non-hydrogen) atoms. The molecule has 2 N–H and O–H groups in total. The van der Waals surface area contributed by atoms with Gasteiger partial charge < -0.3 is 15.4 Å². The SMILES string of the molecule is CCCNCC(C)NCc1ccc(OC)cc1F. The number of benzene rings is 1. The van der Waals surface area contributed by atoms with Crippen LogP contribution < -0.4 is 15.4 Å². The maximum Gasteiger partial charge on any atom is 0.131 e. The highest BCUT2D eigenvalue weighted by molar-refractivity contribution is 5.28. The molecule has 0 amide bonds. The Kier molecular flexibility index (Phi) is 6.68. The molecule has 1 unspecified atom stereocenters. The summed E-state index contributed by atoms with van der Waals surface area (Å²) in [6.45, 7) is 6.67. The molecule has 102 valence electrons. The van der Waals surface area contributed by atoms with Crippen LogP contribution in [0.5, 0.6) is 5.75 Å². The minimum Gasteiger partial charge on any atom is -0.497 e. The summed E-state index contributed by atoms with van der Waals surface area (Å²) in [6, 6.07) is 5.27. The summed E-state index contributed by atoms with van der Waals surface area (Å²) >= 11 is 0.